The molecule has 33 heavy (non-hydrogen) atoms. The fourth-order valence-corrected chi connectivity index (χ4v) is 5.30. The largest absolute Gasteiger partial charge is 0.360 e. The SMILES string of the molecule is C[C@@H](c1nnc(SCC(=O)c2c[nH]c3ccccc23)n1-c1ccc(F)cc1)N1CCCCC1. The molecule has 3 heterocycles. The van der Waals surface area contributed by atoms with E-state index in [2.05, 4.69) is 27.0 Å². The van der Waals surface area contributed by atoms with E-state index in [0.29, 0.717) is 10.7 Å². The Labute approximate surface area is 196 Å². The number of ketones is 1. The molecule has 0 aliphatic carbocycles. The number of benzene rings is 2. The van der Waals surface area contributed by atoms with Crippen molar-refractivity contribution in [2.75, 3.05) is 18.8 Å². The summed E-state index contributed by atoms with van der Waals surface area (Å²) in [4.78, 5) is 18.6. The molecule has 8 heteroatoms. The zero-order valence-corrected chi connectivity index (χ0v) is 19.3. The molecule has 5 rings (SSSR count). The quantitative estimate of drug-likeness (QED) is 0.293. The van der Waals surface area contributed by atoms with Crippen LogP contribution in [0, 0.1) is 5.82 Å². The second-order valence-electron chi connectivity index (χ2n) is 8.38. The fraction of sp³-hybridized carbons (Fsp3) is 0.320. The van der Waals surface area contributed by atoms with Crippen LogP contribution in [-0.4, -0.2) is 49.3 Å². The summed E-state index contributed by atoms with van der Waals surface area (Å²) in [6, 6.07) is 14.2. The number of Topliss-reactive ketones (excluding diaryl/α,β-unsaturated/α-hetero) is 1. The first-order valence-electron chi connectivity index (χ1n) is 11.3. The Bertz CT molecular complexity index is 1260. The van der Waals surface area contributed by atoms with Crippen LogP contribution < -0.4 is 0 Å². The van der Waals surface area contributed by atoms with Crippen LogP contribution in [0.25, 0.3) is 16.6 Å². The number of hydrogen-bond acceptors (Lipinski definition) is 5. The van der Waals surface area contributed by atoms with Gasteiger partial charge in [0.2, 0.25) is 0 Å². The predicted molar refractivity (Wildman–Crippen MR) is 129 cm³/mol. The number of piperidine rings is 1. The summed E-state index contributed by atoms with van der Waals surface area (Å²) in [7, 11) is 0. The maximum atomic E-state index is 13.6. The molecule has 0 unspecified atom stereocenters. The lowest BCUT2D eigenvalue weighted by atomic mass is 10.1. The number of carbonyl (C=O) groups excluding carboxylic acids is 1. The highest BCUT2D eigenvalue weighted by atomic mass is 32.2. The van der Waals surface area contributed by atoms with Gasteiger partial charge >= 0.3 is 0 Å². The van der Waals surface area contributed by atoms with Gasteiger partial charge in [0.25, 0.3) is 0 Å². The first-order valence-corrected chi connectivity index (χ1v) is 12.3. The van der Waals surface area contributed by atoms with Crippen LogP contribution >= 0.6 is 11.8 Å². The Morgan fingerprint density at radius 3 is 2.64 bits per heavy atom. The Balaban J connectivity index is 1.43. The molecule has 1 atom stereocenters. The fourth-order valence-electron chi connectivity index (χ4n) is 4.46. The minimum absolute atomic E-state index is 0.0248. The van der Waals surface area contributed by atoms with Crippen LogP contribution in [0.1, 0.15) is 48.4 Å². The van der Waals surface area contributed by atoms with Crippen molar-refractivity contribution < 1.29 is 9.18 Å². The van der Waals surface area contributed by atoms with Gasteiger partial charge in [-0.3, -0.25) is 14.3 Å². The zero-order valence-electron chi connectivity index (χ0n) is 18.5. The van der Waals surface area contributed by atoms with E-state index in [1.54, 1.807) is 18.3 Å². The van der Waals surface area contributed by atoms with Crippen LogP contribution in [0.5, 0.6) is 0 Å². The summed E-state index contributed by atoms with van der Waals surface area (Å²) in [6.45, 7) is 4.19. The van der Waals surface area contributed by atoms with Crippen molar-refractivity contribution >= 4 is 28.4 Å². The van der Waals surface area contributed by atoms with E-state index in [1.807, 2.05) is 28.8 Å². The highest BCUT2D eigenvalue weighted by molar-refractivity contribution is 7.99. The number of fused-ring (bicyclic) bond motifs is 1. The number of likely N-dealkylation sites (tertiary alicyclic amines) is 1. The molecule has 4 aromatic rings. The predicted octanol–water partition coefficient (Wildman–Crippen LogP) is 5.41. The number of H-pyrrole nitrogens is 1. The van der Waals surface area contributed by atoms with E-state index < -0.39 is 0 Å². The summed E-state index contributed by atoms with van der Waals surface area (Å²) in [5.41, 5.74) is 2.41. The summed E-state index contributed by atoms with van der Waals surface area (Å²) in [6.07, 6.45) is 5.37. The molecule has 2 aromatic heterocycles. The molecule has 170 valence electrons. The first-order chi connectivity index (χ1) is 16.1. The third-order valence-corrected chi connectivity index (χ3v) is 7.21. The van der Waals surface area contributed by atoms with Gasteiger partial charge in [0, 0.05) is 28.4 Å². The standard InChI is InChI=1S/C25H26FN5OS/c1-17(30-13-5-2-6-14-30)24-28-29-25(31(24)19-11-9-18(26)10-12-19)33-16-23(32)21-15-27-22-8-4-3-7-20(21)22/h3-4,7-12,15,17,27H,2,5-6,13-14,16H2,1H3/t17-/m0/s1. The highest BCUT2D eigenvalue weighted by Gasteiger charge is 2.26. The van der Waals surface area contributed by atoms with E-state index in [-0.39, 0.29) is 23.4 Å². The molecular weight excluding hydrogens is 437 g/mol. The number of para-hydroxylation sites is 1. The number of nitrogens with one attached hydrogen (secondary N) is 1. The van der Waals surface area contributed by atoms with Gasteiger partial charge in [-0.15, -0.1) is 10.2 Å². The maximum Gasteiger partial charge on any atom is 0.196 e. The van der Waals surface area contributed by atoms with Crippen molar-refractivity contribution in [3.05, 3.63) is 71.9 Å². The van der Waals surface area contributed by atoms with Gasteiger partial charge in [0.15, 0.2) is 16.8 Å². The number of nitrogens with zero attached hydrogens (tertiary/aromatic N) is 4. The number of rotatable bonds is 7. The van der Waals surface area contributed by atoms with Crippen molar-refractivity contribution in [2.45, 2.75) is 37.4 Å². The van der Waals surface area contributed by atoms with Gasteiger partial charge < -0.3 is 4.98 Å². The Kier molecular flexibility index (Phi) is 6.28. The third kappa shape index (κ3) is 4.45. The van der Waals surface area contributed by atoms with E-state index in [1.165, 1.54) is 43.2 Å². The highest BCUT2D eigenvalue weighted by Crippen LogP contribution is 2.30. The smallest absolute Gasteiger partial charge is 0.196 e. The molecule has 1 aliphatic rings. The Hall–Kier alpha value is -2.97. The van der Waals surface area contributed by atoms with Crippen molar-refractivity contribution in [3.8, 4) is 5.69 Å². The lowest BCUT2D eigenvalue weighted by Crippen LogP contribution is -2.33. The van der Waals surface area contributed by atoms with E-state index in [0.717, 1.165) is 35.5 Å². The minimum Gasteiger partial charge on any atom is -0.360 e. The number of carbonyl (C=O) groups is 1. The summed E-state index contributed by atoms with van der Waals surface area (Å²) >= 11 is 1.36. The zero-order chi connectivity index (χ0) is 22.8. The van der Waals surface area contributed by atoms with Gasteiger partial charge in [0.1, 0.15) is 5.82 Å². The Morgan fingerprint density at radius 2 is 1.85 bits per heavy atom. The average molecular weight is 464 g/mol. The lowest BCUT2D eigenvalue weighted by Gasteiger charge is -2.31. The summed E-state index contributed by atoms with van der Waals surface area (Å²) in [5, 5.41) is 10.5. The molecule has 0 spiro atoms. The van der Waals surface area contributed by atoms with Gasteiger partial charge in [-0.2, -0.15) is 0 Å². The van der Waals surface area contributed by atoms with E-state index in [9.17, 15) is 9.18 Å². The van der Waals surface area contributed by atoms with E-state index in [4.69, 9.17) is 0 Å². The monoisotopic (exact) mass is 463 g/mol. The van der Waals surface area contributed by atoms with Crippen LogP contribution in [0.15, 0.2) is 59.9 Å². The summed E-state index contributed by atoms with van der Waals surface area (Å²) < 4.78 is 15.6. The van der Waals surface area contributed by atoms with Crippen molar-refractivity contribution in [3.63, 3.8) is 0 Å². The minimum atomic E-state index is -0.291. The van der Waals surface area contributed by atoms with Gasteiger partial charge in [-0.25, -0.2) is 4.39 Å². The van der Waals surface area contributed by atoms with Crippen molar-refractivity contribution in [2.24, 2.45) is 0 Å². The normalized spacial score (nSPS) is 15.7. The maximum absolute atomic E-state index is 13.6. The van der Waals surface area contributed by atoms with Crippen LogP contribution in [0.4, 0.5) is 4.39 Å². The number of aromatic nitrogens is 4. The van der Waals surface area contributed by atoms with Gasteiger partial charge in [0.05, 0.1) is 11.8 Å². The molecule has 1 aliphatic heterocycles. The van der Waals surface area contributed by atoms with Crippen molar-refractivity contribution in [1.29, 1.82) is 0 Å². The topological polar surface area (TPSA) is 66.8 Å². The molecule has 2 aromatic carbocycles. The summed E-state index contributed by atoms with van der Waals surface area (Å²) in [5.74, 6) is 0.780. The molecule has 1 N–H and O–H groups in total. The third-order valence-electron chi connectivity index (χ3n) is 6.28. The van der Waals surface area contributed by atoms with Crippen LogP contribution in [0.2, 0.25) is 0 Å². The number of halogens is 1. The second kappa shape index (κ2) is 9.49. The number of thioether (sulfide) groups is 1. The molecule has 1 saturated heterocycles. The average Bonchev–Trinajstić information content (AvgIpc) is 3.48. The van der Waals surface area contributed by atoms with Crippen LogP contribution in [-0.2, 0) is 0 Å². The molecule has 6 nitrogen and oxygen atoms in total. The van der Waals surface area contributed by atoms with Crippen molar-refractivity contribution in [1.82, 2.24) is 24.6 Å². The van der Waals surface area contributed by atoms with Gasteiger partial charge in [-0.1, -0.05) is 36.4 Å². The lowest BCUT2D eigenvalue weighted by molar-refractivity contribution is 0.102. The molecule has 0 radical (unpaired) electrons. The molecule has 0 amide bonds. The van der Waals surface area contributed by atoms with Gasteiger partial charge in [-0.05, 0) is 63.2 Å². The molecule has 0 bridgehead atoms. The first kappa shape index (κ1) is 21.9. The number of aromatic amines is 1. The van der Waals surface area contributed by atoms with E-state index >= 15 is 0 Å². The van der Waals surface area contributed by atoms with Crippen LogP contribution in [0.3, 0.4) is 0 Å². The molecular formula is C25H26FN5OS. The Morgan fingerprint density at radius 1 is 1.09 bits per heavy atom. The second-order valence-corrected chi connectivity index (χ2v) is 9.33. The number of hydrogen-bond donors (Lipinski definition) is 1. The molecule has 1 fully saturated rings. The molecule has 0 saturated carbocycles.